The molecule has 6 heterocycles. The number of rotatable bonds is 5. The number of aryl methyl sites for hydroxylation is 1. The number of aromatic nitrogens is 2. The molecule has 5 aliphatic rings. The number of anilines is 2. The molecule has 0 spiro atoms. The van der Waals surface area contributed by atoms with Gasteiger partial charge in [0.2, 0.25) is 0 Å². The van der Waals surface area contributed by atoms with Crippen LogP contribution in [-0.4, -0.2) is 89.4 Å². The number of likely N-dealkylation sites (N-methyl/N-ethyl adjacent to an activating group) is 1. The second-order valence-electron chi connectivity index (χ2n) is 13.8. The van der Waals surface area contributed by atoms with E-state index in [9.17, 15) is 4.79 Å². The Balaban J connectivity index is 1.18. The molecule has 5 aliphatic heterocycles. The van der Waals surface area contributed by atoms with Gasteiger partial charge < -0.3 is 24.2 Å². The van der Waals surface area contributed by atoms with Crippen molar-refractivity contribution in [2.75, 3.05) is 49.6 Å². The van der Waals surface area contributed by atoms with Crippen molar-refractivity contribution in [3.05, 3.63) is 53.2 Å². The van der Waals surface area contributed by atoms with Crippen LogP contribution in [0.1, 0.15) is 56.9 Å². The van der Waals surface area contributed by atoms with Crippen LogP contribution < -0.4 is 14.5 Å². The van der Waals surface area contributed by atoms with Crippen LogP contribution in [0, 0.1) is 6.92 Å². The Morgan fingerprint density at radius 3 is 2.51 bits per heavy atom. The highest BCUT2D eigenvalue weighted by Gasteiger charge is 2.49. The van der Waals surface area contributed by atoms with Crippen LogP contribution in [0.15, 0.2) is 36.4 Å². The summed E-state index contributed by atoms with van der Waals surface area (Å²) < 4.78 is 12.1. The summed E-state index contributed by atoms with van der Waals surface area (Å²) in [5.41, 5.74) is 4.29. The number of hydrogen-bond donors (Lipinski definition) is 0. The molecule has 4 saturated heterocycles. The quantitative estimate of drug-likeness (QED) is 0.407. The number of hydrogen-bond acceptors (Lipinski definition) is 8. The molecular formula is C34H44N6O3. The van der Waals surface area contributed by atoms with Gasteiger partial charge in [-0.25, -0.2) is 4.79 Å². The average molecular weight is 585 g/mol. The third-order valence-corrected chi connectivity index (χ3v) is 9.63. The van der Waals surface area contributed by atoms with Crippen LogP contribution in [0.2, 0.25) is 0 Å². The molecule has 1 aromatic heterocycles. The minimum absolute atomic E-state index is 0.134. The van der Waals surface area contributed by atoms with Crippen molar-refractivity contribution in [1.29, 1.82) is 0 Å². The first-order chi connectivity index (χ1) is 20.6. The summed E-state index contributed by atoms with van der Waals surface area (Å²) in [4.78, 5) is 32.2. The molecule has 9 nitrogen and oxygen atoms in total. The molecule has 0 saturated carbocycles. The van der Waals surface area contributed by atoms with Crippen molar-refractivity contribution in [1.82, 2.24) is 19.8 Å². The van der Waals surface area contributed by atoms with E-state index < -0.39 is 5.60 Å². The van der Waals surface area contributed by atoms with E-state index in [0.29, 0.717) is 25.2 Å². The van der Waals surface area contributed by atoms with Crippen molar-refractivity contribution < 1.29 is 14.3 Å². The average Bonchev–Trinajstić information content (AvgIpc) is 3.38. The Kier molecular flexibility index (Phi) is 7.11. The molecule has 3 atom stereocenters. The number of carbonyl (C=O) groups is 1. The fourth-order valence-corrected chi connectivity index (χ4v) is 7.45. The number of nitrogens with zero attached hydrogens (tertiary/aromatic N) is 6. The summed E-state index contributed by atoms with van der Waals surface area (Å²) in [6, 6.07) is 14.2. The van der Waals surface area contributed by atoms with Crippen molar-refractivity contribution >= 4 is 28.4 Å². The third-order valence-electron chi connectivity index (χ3n) is 9.63. The predicted molar refractivity (Wildman–Crippen MR) is 169 cm³/mol. The zero-order valence-corrected chi connectivity index (χ0v) is 26.2. The lowest BCUT2D eigenvalue weighted by Crippen LogP contribution is -2.70. The summed E-state index contributed by atoms with van der Waals surface area (Å²) in [7, 11) is 2.17. The SMILES string of the molecule is Cc1cccc2cccc(N3CCc4c(nc(OC[C@@H]5CCCN5C)nc4N4CC5CC(C4)N5C(=O)OC(C)(C)C)C3)c12. The normalized spacial score (nSPS) is 23.7. The zero-order chi connectivity index (χ0) is 29.9. The van der Waals surface area contributed by atoms with Gasteiger partial charge in [-0.1, -0.05) is 30.3 Å². The minimum atomic E-state index is -0.499. The number of likely N-dealkylation sites (tertiary alicyclic amines) is 1. The van der Waals surface area contributed by atoms with Gasteiger partial charge in [-0.2, -0.15) is 9.97 Å². The van der Waals surface area contributed by atoms with Crippen LogP contribution in [0.3, 0.4) is 0 Å². The van der Waals surface area contributed by atoms with E-state index in [4.69, 9.17) is 19.4 Å². The summed E-state index contributed by atoms with van der Waals surface area (Å²) >= 11 is 0. The lowest BCUT2D eigenvalue weighted by atomic mass is 9.87. The highest BCUT2D eigenvalue weighted by molar-refractivity contribution is 5.97. The highest BCUT2D eigenvalue weighted by Crippen LogP contribution is 2.39. The maximum atomic E-state index is 12.9. The van der Waals surface area contributed by atoms with Gasteiger partial charge in [0.05, 0.1) is 24.3 Å². The van der Waals surface area contributed by atoms with Crippen molar-refractivity contribution in [3.8, 4) is 6.01 Å². The van der Waals surface area contributed by atoms with E-state index >= 15 is 0 Å². The van der Waals surface area contributed by atoms with Crippen molar-refractivity contribution in [2.24, 2.45) is 0 Å². The Morgan fingerprint density at radius 2 is 1.79 bits per heavy atom. The van der Waals surface area contributed by atoms with Crippen LogP contribution in [-0.2, 0) is 17.7 Å². The Labute approximate surface area is 254 Å². The van der Waals surface area contributed by atoms with Crippen molar-refractivity contribution in [3.63, 3.8) is 0 Å². The number of piperidine rings is 1. The first-order valence-corrected chi connectivity index (χ1v) is 15.9. The second kappa shape index (κ2) is 10.8. The molecule has 4 fully saturated rings. The number of carbonyl (C=O) groups excluding carboxylic acids is 1. The monoisotopic (exact) mass is 584 g/mol. The molecule has 1 amide bonds. The first-order valence-electron chi connectivity index (χ1n) is 15.9. The van der Waals surface area contributed by atoms with E-state index in [1.54, 1.807) is 0 Å². The fraction of sp³-hybridized carbons (Fsp3) is 0.559. The first kappa shape index (κ1) is 28.2. The molecule has 0 N–H and O–H groups in total. The Hall–Kier alpha value is -3.59. The molecule has 0 aliphatic carbocycles. The summed E-state index contributed by atoms with van der Waals surface area (Å²) in [5, 5.41) is 2.57. The van der Waals surface area contributed by atoms with Crippen LogP contribution >= 0.6 is 0 Å². The Morgan fingerprint density at radius 1 is 1.02 bits per heavy atom. The van der Waals surface area contributed by atoms with Gasteiger partial charge in [0.15, 0.2) is 0 Å². The van der Waals surface area contributed by atoms with Crippen LogP contribution in [0.25, 0.3) is 10.8 Å². The minimum Gasteiger partial charge on any atom is -0.462 e. The van der Waals surface area contributed by atoms with Gasteiger partial charge in [0.1, 0.15) is 18.0 Å². The number of benzene rings is 2. The predicted octanol–water partition coefficient (Wildman–Crippen LogP) is 5.17. The number of ether oxygens (including phenoxy) is 2. The summed E-state index contributed by atoms with van der Waals surface area (Å²) in [6.45, 7) is 12.8. The molecule has 43 heavy (non-hydrogen) atoms. The lowest BCUT2D eigenvalue weighted by molar-refractivity contribution is -0.0381. The third kappa shape index (κ3) is 5.37. The molecule has 3 aromatic rings. The Bertz CT molecular complexity index is 1520. The highest BCUT2D eigenvalue weighted by atomic mass is 16.6. The topological polar surface area (TPSA) is 74.3 Å². The lowest BCUT2D eigenvalue weighted by Gasteiger charge is -2.56. The number of piperazine rings is 1. The number of amides is 1. The number of fused-ring (bicyclic) bond motifs is 4. The maximum absolute atomic E-state index is 12.9. The smallest absolute Gasteiger partial charge is 0.410 e. The summed E-state index contributed by atoms with van der Waals surface area (Å²) in [6.07, 6.45) is 4.00. The molecule has 8 rings (SSSR count). The fourth-order valence-electron chi connectivity index (χ4n) is 7.45. The van der Waals surface area contributed by atoms with Gasteiger partial charge >= 0.3 is 12.1 Å². The van der Waals surface area contributed by atoms with Crippen molar-refractivity contribution in [2.45, 2.75) is 83.6 Å². The van der Waals surface area contributed by atoms with Gasteiger partial charge in [-0.15, -0.1) is 0 Å². The molecule has 228 valence electrons. The molecular weight excluding hydrogens is 540 g/mol. The van der Waals surface area contributed by atoms with E-state index in [0.717, 1.165) is 57.0 Å². The second-order valence-corrected chi connectivity index (χ2v) is 13.8. The van der Waals surface area contributed by atoms with Gasteiger partial charge in [-0.3, -0.25) is 4.90 Å². The molecule has 0 radical (unpaired) electrons. The van der Waals surface area contributed by atoms with Gasteiger partial charge in [-0.05, 0) is 84.0 Å². The summed E-state index contributed by atoms with van der Waals surface area (Å²) in [5.74, 6) is 0.979. The zero-order valence-electron chi connectivity index (χ0n) is 26.2. The standard InChI is InChI=1S/C34H44N6O3/c1-22-9-6-10-23-11-7-13-29(30(22)23)38-16-14-27-28(20-38)35-32(42-21-24-12-8-15-37(24)5)36-31(27)39-18-25-17-26(19-39)40(25)33(41)43-34(2,3)4/h6-7,9-11,13,24-26H,8,12,14-21H2,1-5H3/t24-,25?,26?/m0/s1. The maximum Gasteiger partial charge on any atom is 0.410 e. The van der Waals surface area contributed by atoms with Gasteiger partial charge in [0, 0.05) is 42.3 Å². The van der Waals surface area contributed by atoms with Crippen LogP contribution in [0.4, 0.5) is 16.3 Å². The van der Waals surface area contributed by atoms with Gasteiger partial charge in [0.25, 0.3) is 0 Å². The van der Waals surface area contributed by atoms with E-state index in [2.05, 4.69) is 65.1 Å². The van der Waals surface area contributed by atoms with E-state index in [1.165, 1.54) is 34.0 Å². The molecule has 9 heteroatoms. The molecule has 2 unspecified atom stereocenters. The molecule has 2 bridgehead atoms. The van der Waals surface area contributed by atoms with E-state index in [1.807, 2.05) is 25.7 Å². The molecule has 2 aromatic carbocycles. The van der Waals surface area contributed by atoms with Crippen LogP contribution in [0.5, 0.6) is 6.01 Å². The largest absolute Gasteiger partial charge is 0.462 e. The van der Waals surface area contributed by atoms with E-state index in [-0.39, 0.29) is 18.2 Å².